The van der Waals surface area contributed by atoms with E-state index in [4.69, 9.17) is 9.84 Å². The molecule has 2 unspecified atom stereocenters. The first-order valence-electron chi connectivity index (χ1n) is 6.95. The smallest absolute Gasteiger partial charge is 0.337 e. The second kappa shape index (κ2) is 6.58. The van der Waals surface area contributed by atoms with Gasteiger partial charge in [-0.3, -0.25) is 0 Å². The van der Waals surface area contributed by atoms with Crippen LogP contribution in [0, 0.1) is 0 Å². The lowest BCUT2D eigenvalue weighted by Gasteiger charge is -2.17. The highest BCUT2D eigenvalue weighted by Gasteiger charge is 2.21. The van der Waals surface area contributed by atoms with E-state index in [0.29, 0.717) is 11.3 Å². The van der Waals surface area contributed by atoms with Gasteiger partial charge >= 0.3 is 5.97 Å². The molecule has 23 heavy (non-hydrogen) atoms. The van der Waals surface area contributed by atoms with Gasteiger partial charge in [0, 0.05) is 11.5 Å². The summed E-state index contributed by atoms with van der Waals surface area (Å²) in [5.74, 6) is -1.52. The number of aliphatic hydroxyl groups excluding tert-OH is 1. The Morgan fingerprint density at radius 2 is 1.61 bits per heavy atom. The molecule has 0 bridgehead atoms. The minimum absolute atomic E-state index is 0.0242. The quantitative estimate of drug-likeness (QED) is 0.674. The van der Waals surface area contributed by atoms with Crippen LogP contribution in [-0.4, -0.2) is 33.5 Å². The first kappa shape index (κ1) is 16.6. The lowest BCUT2D eigenvalue weighted by molar-refractivity contribution is -0.147. The van der Waals surface area contributed by atoms with E-state index in [1.807, 2.05) is 6.92 Å². The number of rotatable bonds is 5. The van der Waals surface area contributed by atoms with Crippen molar-refractivity contribution >= 4 is 5.97 Å². The summed E-state index contributed by atoms with van der Waals surface area (Å²) in [6.07, 6.45) is -1.79. The monoisotopic (exact) mass is 318 g/mol. The molecule has 2 rings (SSSR count). The Bertz CT molecular complexity index is 725. The Morgan fingerprint density at radius 3 is 2.17 bits per heavy atom. The number of carboxylic acids is 1. The average molecular weight is 318 g/mol. The van der Waals surface area contributed by atoms with E-state index in [9.17, 15) is 20.1 Å². The van der Waals surface area contributed by atoms with Crippen LogP contribution in [-0.2, 0) is 4.79 Å². The van der Waals surface area contributed by atoms with E-state index in [1.165, 1.54) is 25.3 Å². The van der Waals surface area contributed by atoms with Crippen molar-refractivity contribution in [2.45, 2.75) is 18.9 Å². The van der Waals surface area contributed by atoms with Gasteiger partial charge in [-0.2, -0.15) is 0 Å². The third-order valence-electron chi connectivity index (χ3n) is 3.78. The fourth-order valence-corrected chi connectivity index (χ4v) is 2.35. The molecule has 0 amide bonds. The standard InChI is InChI=1S/C17H18O6/c1-9(11-4-6-14(19)15(8-11)23-2)10-3-5-13(18)12(7-10)16(20)17(21)22/h3-9,16,18-20H,1-2H3,(H,21,22). The summed E-state index contributed by atoms with van der Waals surface area (Å²) in [5.41, 5.74) is 1.49. The third kappa shape index (κ3) is 3.37. The van der Waals surface area contributed by atoms with Gasteiger partial charge < -0.3 is 25.2 Å². The second-order valence-corrected chi connectivity index (χ2v) is 5.21. The van der Waals surface area contributed by atoms with Gasteiger partial charge in [0.2, 0.25) is 0 Å². The van der Waals surface area contributed by atoms with Gasteiger partial charge in [0.1, 0.15) is 5.75 Å². The van der Waals surface area contributed by atoms with Crippen LogP contribution in [0.3, 0.4) is 0 Å². The van der Waals surface area contributed by atoms with Gasteiger partial charge in [0.25, 0.3) is 0 Å². The highest BCUT2D eigenvalue weighted by Crippen LogP contribution is 2.35. The van der Waals surface area contributed by atoms with Crippen LogP contribution in [0.15, 0.2) is 36.4 Å². The van der Waals surface area contributed by atoms with Crippen molar-refractivity contribution in [3.05, 3.63) is 53.1 Å². The molecule has 2 atom stereocenters. The molecule has 0 fully saturated rings. The van der Waals surface area contributed by atoms with E-state index < -0.39 is 12.1 Å². The molecule has 0 saturated heterocycles. The number of hydrogen-bond acceptors (Lipinski definition) is 5. The number of benzene rings is 2. The summed E-state index contributed by atoms with van der Waals surface area (Å²) in [6.45, 7) is 1.88. The van der Waals surface area contributed by atoms with E-state index in [0.717, 1.165) is 5.56 Å². The molecule has 0 spiro atoms. The first-order chi connectivity index (χ1) is 10.8. The average Bonchev–Trinajstić information content (AvgIpc) is 2.54. The maximum Gasteiger partial charge on any atom is 0.337 e. The Kier molecular flexibility index (Phi) is 4.76. The van der Waals surface area contributed by atoms with Crippen molar-refractivity contribution in [1.29, 1.82) is 0 Å². The number of methoxy groups -OCH3 is 1. The number of phenolic OH excluding ortho intramolecular Hbond substituents is 2. The summed E-state index contributed by atoms with van der Waals surface area (Å²) in [5, 5.41) is 38.0. The van der Waals surface area contributed by atoms with Gasteiger partial charge in [-0.25, -0.2) is 4.79 Å². The SMILES string of the molecule is COc1cc(C(C)c2ccc(O)c(C(O)C(=O)O)c2)ccc1O. The van der Waals surface area contributed by atoms with Crippen LogP contribution >= 0.6 is 0 Å². The van der Waals surface area contributed by atoms with E-state index in [2.05, 4.69) is 0 Å². The molecule has 2 aromatic carbocycles. The second-order valence-electron chi connectivity index (χ2n) is 5.21. The topological polar surface area (TPSA) is 107 Å². The molecule has 122 valence electrons. The van der Waals surface area contributed by atoms with Gasteiger partial charge in [0.05, 0.1) is 7.11 Å². The summed E-state index contributed by atoms with van der Waals surface area (Å²) in [7, 11) is 1.45. The predicted molar refractivity (Wildman–Crippen MR) is 82.9 cm³/mol. The summed E-state index contributed by atoms with van der Waals surface area (Å²) >= 11 is 0. The molecule has 6 heteroatoms. The van der Waals surface area contributed by atoms with E-state index >= 15 is 0 Å². The van der Waals surface area contributed by atoms with Crippen LogP contribution in [0.2, 0.25) is 0 Å². The highest BCUT2D eigenvalue weighted by molar-refractivity contribution is 5.75. The zero-order valence-electron chi connectivity index (χ0n) is 12.7. The minimum atomic E-state index is -1.79. The Labute approximate surface area is 133 Å². The van der Waals surface area contributed by atoms with Crippen LogP contribution in [0.4, 0.5) is 0 Å². The minimum Gasteiger partial charge on any atom is -0.508 e. The maximum atomic E-state index is 10.9. The molecule has 0 aliphatic heterocycles. The lowest BCUT2D eigenvalue weighted by atomic mass is 9.90. The Balaban J connectivity index is 2.42. The normalized spacial score (nSPS) is 13.3. The lowest BCUT2D eigenvalue weighted by Crippen LogP contribution is -2.11. The largest absolute Gasteiger partial charge is 0.508 e. The number of aromatic hydroxyl groups is 2. The first-order valence-corrected chi connectivity index (χ1v) is 6.95. The summed E-state index contributed by atoms with van der Waals surface area (Å²) < 4.78 is 5.08. The van der Waals surface area contributed by atoms with Gasteiger partial charge in [-0.05, 0) is 35.4 Å². The zero-order chi connectivity index (χ0) is 17.1. The molecule has 0 aromatic heterocycles. The number of phenols is 2. The Hall–Kier alpha value is -2.73. The third-order valence-corrected chi connectivity index (χ3v) is 3.78. The summed E-state index contributed by atoms with van der Waals surface area (Å²) in [4.78, 5) is 10.9. The van der Waals surface area contributed by atoms with Crippen LogP contribution in [0.1, 0.15) is 35.6 Å². The van der Waals surface area contributed by atoms with Gasteiger partial charge in [0.15, 0.2) is 17.6 Å². The number of aliphatic carboxylic acids is 1. The summed E-state index contributed by atoms with van der Waals surface area (Å²) in [6, 6.07) is 9.38. The van der Waals surface area contributed by atoms with E-state index in [1.54, 1.807) is 18.2 Å². The molecule has 0 aliphatic carbocycles. The number of aliphatic hydroxyl groups is 1. The van der Waals surface area contributed by atoms with Crippen molar-refractivity contribution < 1.29 is 30.0 Å². The molecule has 6 nitrogen and oxygen atoms in total. The number of carboxylic acid groups (broad SMARTS) is 1. The Morgan fingerprint density at radius 1 is 1.04 bits per heavy atom. The van der Waals surface area contributed by atoms with Crippen molar-refractivity contribution in [1.82, 2.24) is 0 Å². The van der Waals surface area contributed by atoms with Gasteiger partial charge in [-0.15, -0.1) is 0 Å². The molecular weight excluding hydrogens is 300 g/mol. The highest BCUT2D eigenvalue weighted by atomic mass is 16.5. The number of hydrogen-bond donors (Lipinski definition) is 4. The van der Waals surface area contributed by atoms with Crippen molar-refractivity contribution in [2.75, 3.05) is 7.11 Å². The molecule has 0 saturated carbocycles. The van der Waals surface area contributed by atoms with Crippen LogP contribution in [0.5, 0.6) is 17.2 Å². The maximum absolute atomic E-state index is 10.9. The fraction of sp³-hybridized carbons (Fsp3) is 0.235. The predicted octanol–water partition coefficient (Wildman–Crippen LogP) is 2.38. The van der Waals surface area contributed by atoms with Crippen molar-refractivity contribution in [3.8, 4) is 17.2 Å². The molecular formula is C17H18O6. The zero-order valence-corrected chi connectivity index (χ0v) is 12.7. The molecule has 4 N–H and O–H groups in total. The fourth-order valence-electron chi connectivity index (χ4n) is 2.35. The molecule has 0 aliphatic rings. The molecule has 0 heterocycles. The number of carbonyl (C=O) groups is 1. The van der Waals surface area contributed by atoms with E-state index in [-0.39, 0.29) is 23.0 Å². The van der Waals surface area contributed by atoms with Crippen molar-refractivity contribution in [2.24, 2.45) is 0 Å². The number of ether oxygens (including phenoxy) is 1. The molecule has 0 radical (unpaired) electrons. The van der Waals surface area contributed by atoms with Crippen LogP contribution in [0.25, 0.3) is 0 Å². The van der Waals surface area contributed by atoms with Crippen molar-refractivity contribution in [3.63, 3.8) is 0 Å². The van der Waals surface area contributed by atoms with Gasteiger partial charge in [-0.1, -0.05) is 19.1 Å². The molecule has 2 aromatic rings. The van der Waals surface area contributed by atoms with Crippen LogP contribution < -0.4 is 4.74 Å².